The van der Waals surface area contributed by atoms with Crippen molar-refractivity contribution in [3.63, 3.8) is 0 Å². The van der Waals surface area contributed by atoms with Crippen molar-refractivity contribution in [2.45, 2.75) is 13.8 Å². The monoisotopic (exact) mass is 290 g/mol. The summed E-state index contributed by atoms with van der Waals surface area (Å²) in [5.74, 6) is 0. The molecular formula is C17H14N4O. The maximum Gasteiger partial charge on any atom is 0.280 e. The van der Waals surface area contributed by atoms with Gasteiger partial charge in [0.15, 0.2) is 0 Å². The maximum absolute atomic E-state index is 12.6. The van der Waals surface area contributed by atoms with Crippen LogP contribution in [0.2, 0.25) is 0 Å². The van der Waals surface area contributed by atoms with Gasteiger partial charge in [0.05, 0.1) is 28.3 Å². The number of H-pyrrole nitrogens is 1. The predicted octanol–water partition coefficient (Wildman–Crippen LogP) is 2.88. The molecule has 3 aromatic heterocycles. The summed E-state index contributed by atoms with van der Waals surface area (Å²) in [5.41, 5.74) is 4.29. The number of hydrogen-bond acceptors (Lipinski definition) is 3. The second-order valence-electron chi connectivity index (χ2n) is 5.48. The van der Waals surface area contributed by atoms with Gasteiger partial charge in [0.25, 0.3) is 5.56 Å². The van der Waals surface area contributed by atoms with Crippen LogP contribution in [-0.4, -0.2) is 19.7 Å². The molecular weight excluding hydrogens is 276 g/mol. The van der Waals surface area contributed by atoms with Crippen molar-refractivity contribution in [2.75, 3.05) is 0 Å². The van der Waals surface area contributed by atoms with Crippen LogP contribution in [0.25, 0.3) is 27.5 Å². The van der Waals surface area contributed by atoms with E-state index < -0.39 is 0 Å². The number of fused-ring (bicyclic) bond motifs is 3. The van der Waals surface area contributed by atoms with Crippen LogP contribution < -0.4 is 5.56 Å². The van der Waals surface area contributed by atoms with E-state index in [1.807, 2.05) is 44.2 Å². The Balaban J connectivity index is 2.10. The Kier molecular flexibility index (Phi) is 2.63. The van der Waals surface area contributed by atoms with Crippen molar-refractivity contribution in [1.29, 1.82) is 0 Å². The molecule has 0 atom stereocenters. The van der Waals surface area contributed by atoms with Gasteiger partial charge in [0.1, 0.15) is 0 Å². The summed E-state index contributed by atoms with van der Waals surface area (Å²) in [4.78, 5) is 21.2. The van der Waals surface area contributed by atoms with Crippen LogP contribution in [0.5, 0.6) is 0 Å². The van der Waals surface area contributed by atoms with Crippen LogP contribution in [0.3, 0.4) is 0 Å². The van der Waals surface area contributed by atoms with Crippen LogP contribution >= 0.6 is 0 Å². The van der Waals surface area contributed by atoms with Gasteiger partial charge in [0, 0.05) is 17.3 Å². The number of nitrogens with one attached hydrogen (secondary N) is 1. The first-order valence-corrected chi connectivity index (χ1v) is 7.06. The average Bonchev–Trinajstić information content (AvgIpc) is 2.85. The van der Waals surface area contributed by atoms with Crippen LogP contribution in [0.1, 0.15) is 11.3 Å². The Morgan fingerprint density at radius 1 is 1.05 bits per heavy atom. The van der Waals surface area contributed by atoms with Crippen LogP contribution in [-0.2, 0) is 0 Å². The Bertz CT molecular complexity index is 1080. The molecule has 0 saturated heterocycles. The molecule has 1 N–H and O–H groups in total. The standard InChI is InChI=1S/C17H14N4O/c1-10-4-3-5-12(6-10)21-17(22)14-8-19-15-9-18-11(2)7-13(15)16(14)20-21/h3-9,20H,1-2H3. The Morgan fingerprint density at radius 3 is 2.73 bits per heavy atom. The van der Waals surface area contributed by atoms with E-state index in [1.54, 1.807) is 17.1 Å². The third-order valence-electron chi connectivity index (χ3n) is 3.81. The van der Waals surface area contributed by atoms with E-state index in [2.05, 4.69) is 15.1 Å². The zero-order valence-electron chi connectivity index (χ0n) is 12.3. The highest BCUT2D eigenvalue weighted by molar-refractivity contribution is 6.02. The van der Waals surface area contributed by atoms with Gasteiger partial charge < -0.3 is 0 Å². The highest BCUT2D eigenvalue weighted by atomic mass is 16.1. The molecule has 0 aliphatic heterocycles. The van der Waals surface area contributed by atoms with E-state index in [0.29, 0.717) is 5.39 Å². The number of rotatable bonds is 1. The van der Waals surface area contributed by atoms with Crippen molar-refractivity contribution in [3.8, 4) is 5.69 Å². The SMILES string of the molecule is Cc1cccc(-n2[nH]c3c(cnc4cnc(C)cc43)c2=O)c1. The van der Waals surface area contributed by atoms with Gasteiger partial charge in [-0.1, -0.05) is 12.1 Å². The minimum Gasteiger partial charge on any atom is -0.290 e. The molecule has 0 bridgehead atoms. The summed E-state index contributed by atoms with van der Waals surface area (Å²) >= 11 is 0. The molecule has 3 heterocycles. The minimum atomic E-state index is -0.0931. The van der Waals surface area contributed by atoms with E-state index in [1.165, 1.54) is 0 Å². The average molecular weight is 290 g/mol. The molecule has 0 aliphatic rings. The molecule has 0 amide bonds. The lowest BCUT2D eigenvalue weighted by Crippen LogP contribution is -2.14. The van der Waals surface area contributed by atoms with Crippen molar-refractivity contribution >= 4 is 21.8 Å². The Hall–Kier alpha value is -2.95. The first-order chi connectivity index (χ1) is 10.6. The van der Waals surface area contributed by atoms with E-state index in [4.69, 9.17) is 0 Å². The fourth-order valence-corrected chi connectivity index (χ4v) is 2.71. The lowest BCUT2D eigenvalue weighted by molar-refractivity contribution is 0.863. The molecule has 0 aliphatic carbocycles. The second-order valence-corrected chi connectivity index (χ2v) is 5.48. The Labute approximate surface area is 126 Å². The molecule has 0 radical (unpaired) electrons. The van der Waals surface area contributed by atoms with Gasteiger partial charge >= 0.3 is 0 Å². The number of benzene rings is 1. The molecule has 0 unspecified atom stereocenters. The van der Waals surface area contributed by atoms with Crippen molar-refractivity contribution in [3.05, 3.63) is 64.3 Å². The third-order valence-corrected chi connectivity index (χ3v) is 3.81. The molecule has 1 aromatic carbocycles. The normalized spacial score (nSPS) is 11.4. The summed E-state index contributed by atoms with van der Waals surface area (Å²) in [7, 11) is 0. The molecule has 22 heavy (non-hydrogen) atoms. The lowest BCUT2D eigenvalue weighted by atomic mass is 10.2. The van der Waals surface area contributed by atoms with Crippen molar-refractivity contribution < 1.29 is 0 Å². The summed E-state index contributed by atoms with van der Waals surface area (Å²) in [6.07, 6.45) is 3.34. The quantitative estimate of drug-likeness (QED) is 0.586. The first kappa shape index (κ1) is 12.8. The van der Waals surface area contributed by atoms with Gasteiger partial charge in [-0.2, -0.15) is 0 Å². The fourth-order valence-electron chi connectivity index (χ4n) is 2.71. The third kappa shape index (κ3) is 1.83. The van der Waals surface area contributed by atoms with Gasteiger partial charge in [-0.05, 0) is 37.6 Å². The molecule has 108 valence electrons. The maximum atomic E-state index is 12.6. The molecule has 5 heteroatoms. The highest BCUT2D eigenvalue weighted by Gasteiger charge is 2.12. The van der Waals surface area contributed by atoms with Crippen molar-refractivity contribution in [2.24, 2.45) is 0 Å². The smallest absolute Gasteiger partial charge is 0.280 e. The molecule has 5 nitrogen and oxygen atoms in total. The summed E-state index contributed by atoms with van der Waals surface area (Å²) in [6, 6.07) is 9.77. The predicted molar refractivity (Wildman–Crippen MR) is 86.5 cm³/mol. The fraction of sp³-hybridized carbons (Fsp3) is 0.118. The number of nitrogens with zero attached hydrogens (tertiary/aromatic N) is 3. The number of aryl methyl sites for hydroxylation is 2. The largest absolute Gasteiger partial charge is 0.290 e. The molecule has 0 fully saturated rings. The van der Waals surface area contributed by atoms with Crippen molar-refractivity contribution in [1.82, 2.24) is 19.7 Å². The van der Waals surface area contributed by atoms with E-state index in [0.717, 1.165) is 33.4 Å². The topological polar surface area (TPSA) is 63.6 Å². The van der Waals surface area contributed by atoms with Crippen LogP contribution in [0.15, 0.2) is 47.5 Å². The molecule has 4 rings (SSSR count). The molecule has 4 aromatic rings. The zero-order chi connectivity index (χ0) is 15.3. The summed E-state index contributed by atoms with van der Waals surface area (Å²) in [5, 5.41) is 4.71. The van der Waals surface area contributed by atoms with Crippen LogP contribution in [0, 0.1) is 13.8 Å². The number of hydrogen-bond donors (Lipinski definition) is 1. The van der Waals surface area contributed by atoms with Gasteiger partial charge in [-0.15, -0.1) is 0 Å². The number of aromatic amines is 1. The Morgan fingerprint density at radius 2 is 1.91 bits per heavy atom. The summed E-state index contributed by atoms with van der Waals surface area (Å²) in [6.45, 7) is 3.93. The van der Waals surface area contributed by atoms with E-state index in [-0.39, 0.29) is 5.56 Å². The van der Waals surface area contributed by atoms with Crippen LogP contribution in [0.4, 0.5) is 0 Å². The van der Waals surface area contributed by atoms with E-state index >= 15 is 0 Å². The first-order valence-electron chi connectivity index (χ1n) is 7.06. The number of pyridine rings is 2. The zero-order valence-corrected chi connectivity index (χ0v) is 12.3. The molecule has 0 spiro atoms. The minimum absolute atomic E-state index is 0.0931. The lowest BCUT2D eigenvalue weighted by Gasteiger charge is -2.02. The van der Waals surface area contributed by atoms with E-state index in [9.17, 15) is 4.79 Å². The summed E-state index contributed by atoms with van der Waals surface area (Å²) < 4.78 is 1.56. The van der Waals surface area contributed by atoms with Gasteiger partial charge in [-0.3, -0.25) is 19.9 Å². The highest BCUT2D eigenvalue weighted by Crippen LogP contribution is 2.21. The number of aromatic nitrogens is 4. The second kappa shape index (κ2) is 4.53. The van der Waals surface area contributed by atoms with Gasteiger partial charge in [0.2, 0.25) is 0 Å². The molecule has 0 saturated carbocycles. The van der Waals surface area contributed by atoms with Gasteiger partial charge in [-0.25, -0.2) is 4.68 Å².